The fourth-order valence-corrected chi connectivity index (χ4v) is 3.38. The van der Waals surface area contributed by atoms with Gasteiger partial charge in [0.2, 0.25) is 5.91 Å². The minimum Gasteiger partial charge on any atom is -0.384 e. The maximum atomic E-state index is 12.4. The number of benzene rings is 1. The van der Waals surface area contributed by atoms with E-state index in [9.17, 15) is 4.79 Å². The number of hydrogen-bond acceptors (Lipinski definition) is 2. The maximum Gasteiger partial charge on any atom is 0.229 e. The van der Waals surface area contributed by atoms with E-state index in [1.807, 2.05) is 18.2 Å². The molecule has 3 rings (SSSR count). The molecule has 2 N–H and O–H groups in total. The zero-order valence-corrected chi connectivity index (χ0v) is 11.5. The number of carbonyl (C=O) groups is 1. The van der Waals surface area contributed by atoms with Crippen molar-refractivity contribution in [2.75, 3.05) is 11.9 Å². The predicted molar refractivity (Wildman–Crippen MR) is 77.2 cm³/mol. The molecule has 0 bridgehead atoms. The van der Waals surface area contributed by atoms with Crippen molar-refractivity contribution in [2.24, 2.45) is 5.92 Å². The van der Waals surface area contributed by atoms with Crippen molar-refractivity contribution in [3.8, 4) is 0 Å². The maximum absolute atomic E-state index is 12.4. The number of fused-ring (bicyclic) bond motifs is 1. The van der Waals surface area contributed by atoms with E-state index in [-0.39, 0.29) is 11.8 Å². The van der Waals surface area contributed by atoms with Gasteiger partial charge in [-0.25, -0.2) is 0 Å². The normalized spacial score (nSPS) is 29.4. The monoisotopic (exact) mass is 258 g/mol. The first kappa shape index (κ1) is 12.5. The van der Waals surface area contributed by atoms with Crippen LogP contribution in [-0.2, 0) is 4.79 Å². The van der Waals surface area contributed by atoms with Crippen LogP contribution in [0.15, 0.2) is 24.3 Å². The van der Waals surface area contributed by atoms with Crippen LogP contribution in [-0.4, -0.2) is 18.5 Å². The largest absolute Gasteiger partial charge is 0.384 e. The Kier molecular flexibility index (Phi) is 3.45. The second kappa shape index (κ2) is 5.24. The van der Waals surface area contributed by atoms with E-state index in [2.05, 4.69) is 23.6 Å². The highest BCUT2D eigenvalue weighted by molar-refractivity contribution is 5.88. The predicted octanol–water partition coefficient (Wildman–Crippen LogP) is 2.89. The van der Waals surface area contributed by atoms with Crippen LogP contribution in [0.4, 0.5) is 5.69 Å². The van der Waals surface area contributed by atoms with Gasteiger partial charge in [-0.05, 0) is 30.4 Å². The summed E-state index contributed by atoms with van der Waals surface area (Å²) in [6, 6.07) is 8.50. The van der Waals surface area contributed by atoms with Crippen LogP contribution in [0.5, 0.6) is 0 Å². The number of amides is 1. The zero-order valence-electron chi connectivity index (χ0n) is 11.5. The van der Waals surface area contributed by atoms with Gasteiger partial charge in [0.15, 0.2) is 0 Å². The molecule has 1 fully saturated rings. The van der Waals surface area contributed by atoms with E-state index in [1.165, 1.54) is 12.8 Å². The molecule has 1 aliphatic carbocycles. The Hall–Kier alpha value is -1.51. The van der Waals surface area contributed by atoms with E-state index in [0.29, 0.717) is 6.04 Å². The molecule has 3 atom stereocenters. The average molecular weight is 258 g/mol. The number of rotatable bonds is 2. The molecule has 1 aliphatic heterocycles. The van der Waals surface area contributed by atoms with Crippen LogP contribution in [0.25, 0.3) is 0 Å². The van der Waals surface area contributed by atoms with E-state index in [1.54, 1.807) is 0 Å². The Bertz CT molecular complexity index is 472. The lowest BCUT2D eigenvalue weighted by Gasteiger charge is -2.28. The van der Waals surface area contributed by atoms with E-state index in [0.717, 1.165) is 36.6 Å². The Morgan fingerprint density at radius 1 is 1.32 bits per heavy atom. The summed E-state index contributed by atoms with van der Waals surface area (Å²) in [4.78, 5) is 12.4. The van der Waals surface area contributed by atoms with Gasteiger partial charge in [-0.2, -0.15) is 0 Å². The van der Waals surface area contributed by atoms with Gasteiger partial charge >= 0.3 is 0 Å². The van der Waals surface area contributed by atoms with Gasteiger partial charge in [0, 0.05) is 18.3 Å². The van der Waals surface area contributed by atoms with Gasteiger partial charge in [0.25, 0.3) is 0 Å². The summed E-state index contributed by atoms with van der Waals surface area (Å²) in [5, 5.41) is 6.57. The van der Waals surface area contributed by atoms with Crippen molar-refractivity contribution in [3.05, 3.63) is 29.8 Å². The minimum atomic E-state index is -0.0200. The standard InChI is InChI=1S/C16H22N2O/c1-11-5-4-6-12(9-11)18-16(19)14-10-17-15-8-3-2-7-13(14)15/h2-3,7-8,11-12,14,17H,4-6,9-10H2,1H3,(H,18,19). The SMILES string of the molecule is CC1CCCC(NC(=O)C2CNc3ccccc32)C1. The molecule has 19 heavy (non-hydrogen) atoms. The fourth-order valence-electron chi connectivity index (χ4n) is 3.38. The molecule has 0 radical (unpaired) electrons. The molecule has 2 aliphatic rings. The zero-order chi connectivity index (χ0) is 13.2. The molecule has 0 saturated heterocycles. The summed E-state index contributed by atoms with van der Waals surface area (Å²) >= 11 is 0. The summed E-state index contributed by atoms with van der Waals surface area (Å²) < 4.78 is 0. The molecule has 102 valence electrons. The number of para-hydroxylation sites is 1. The molecule has 3 heteroatoms. The quantitative estimate of drug-likeness (QED) is 0.856. The Balaban J connectivity index is 1.65. The Morgan fingerprint density at radius 3 is 3.00 bits per heavy atom. The molecular formula is C16H22N2O. The third kappa shape index (κ3) is 2.60. The van der Waals surface area contributed by atoms with Gasteiger partial charge in [0.1, 0.15) is 0 Å². The molecule has 3 nitrogen and oxygen atoms in total. The highest BCUT2D eigenvalue weighted by atomic mass is 16.2. The van der Waals surface area contributed by atoms with Crippen LogP contribution in [0, 0.1) is 5.92 Å². The highest BCUT2D eigenvalue weighted by Crippen LogP contribution is 2.32. The summed E-state index contributed by atoms with van der Waals surface area (Å²) in [5.74, 6) is 0.915. The molecule has 3 unspecified atom stereocenters. The molecule has 1 amide bonds. The van der Waals surface area contributed by atoms with Crippen molar-refractivity contribution in [2.45, 2.75) is 44.6 Å². The Labute approximate surface area is 114 Å². The van der Waals surface area contributed by atoms with Crippen molar-refractivity contribution in [1.29, 1.82) is 0 Å². The molecular weight excluding hydrogens is 236 g/mol. The van der Waals surface area contributed by atoms with Crippen LogP contribution in [0.1, 0.15) is 44.1 Å². The van der Waals surface area contributed by atoms with Crippen LogP contribution in [0.3, 0.4) is 0 Å². The lowest BCUT2D eigenvalue weighted by molar-refractivity contribution is -0.123. The summed E-state index contributed by atoms with van der Waals surface area (Å²) in [6.45, 7) is 3.01. The van der Waals surface area contributed by atoms with Gasteiger partial charge in [-0.1, -0.05) is 38.0 Å². The molecule has 0 aromatic heterocycles. The minimum absolute atomic E-state index is 0.0200. The number of hydrogen-bond donors (Lipinski definition) is 2. The van der Waals surface area contributed by atoms with E-state index < -0.39 is 0 Å². The summed E-state index contributed by atoms with van der Waals surface area (Å²) in [7, 11) is 0. The number of nitrogens with one attached hydrogen (secondary N) is 2. The second-order valence-corrected chi connectivity index (χ2v) is 6.00. The number of anilines is 1. The first-order valence-electron chi connectivity index (χ1n) is 7.37. The molecule has 1 heterocycles. The van der Waals surface area contributed by atoms with Crippen molar-refractivity contribution >= 4 is 11.6 Å². The second-order valence-electron chi connectivity index (χ2n) is 6.00. The van der Waals surface area contributed by atoms with Gasteiger partial charge in [0.05, 0.1) is 5.92 Å². The molecule has 0 spiro atoms. The lowest BCUT2D eigenvalue weighted by Crippen LogP contribution is -2.41. The Morgan fingerprint density at radius 2 is 2.16 bits per heavy atom. The summed E-state index contributed by atoms with van der Waals surface area (Å²) in [5.41, 5.74) is 2.25. The highest BCUT2D eigenvalue weighted by Gasteiger charge is 2.30. The van der Waals surface area contributed by atoms with Crippen LogP contribution >= 0.6 is 0 Å². The molecule has 1 aromatic rings. The molecule has 1 aromatic carbocycles. The average Bonchev–Trinajstić information content (AvgIpc) is 2.82. The van der Waals surface area contributed by atoms with Gasteiger partial charge in [-0.15, -0.1) is 0 Å². The van der Waals surface area contributed by atoms with Crippen LogP contribution < -0.4 is 10.6 Å². The first-order chi connectivity index (χ1) is 9.24. The lowest BCUT2D eigenvalue weighted by atomic mass is 9.86. The first-order valence-corrected chi connectivity index (χ1v) is 7.37. The van der Waals surface area contributed by atoms with E-state index >= 15 is 0 Å². The summed E-state index contributed by atoms with van der Waals surface area (Å²) in [6.07, 6.45) is 4.82. The number of carbonyl (C=O) groups excluding carboxylic acids is 1. The van der Waals surface area contributed by atoms with E-state index in [4.69, 9.17) is 0 Å². The van der Waals surface area contributed by atoms with Crippen molar-refractivity contribution in [3.63, 3.8) is 0 Å². The van der Waals surface area contributed by atoms with Crippen molar-refractivity contribution < 1.29 is 4.79 Å². The van der Waals surface area contributed by atoms with Gasteiger partial charge in [-0.3, -0.25) is 4.79 Å². The topological polar surface area (TPSA) is 41.1 Å². The fraction of sp³-hybridized carbons (Fsp3) is 0.562. The smallest absolute Gasteiger partial charge is 0.229 e. The third-order valence-electron chi connectivity index (χ3n) is 4.43. The van der Waals surface area contributed by atoms with Gasteiger partial charge < -0.3 is 10.6 Å². The third-order valence-corrected chi connectivity index (χ3v) is 4.43. The van der Waals surface area contributed by atoms with Crippen LogP contribution in [0.2, 0.25) is 0 Å². The van der Waals surface area contributed by atoms with Crippen molar-refractivity contribution in [1.82, 2.24) is 5.32 Å². The molecule has 1 saturated carbocycles.